The minimum atomic E-state index is -3.53. The van der Waals surface area contributed by atoms with Crippen LogP contribution in [-0.2, 0) is 27.8 Å². The summed E-state index contributed by atoms with van der Waals surface area (Å²) >= 11 is 0. The number of aromatic nitrogens is 2. The van der Waals surface area contributed by atoms with Gasteiger partial charge < -0.3 is 5.32 Å². The summed E-state index contributed by atoms with van der Waals surface area (Å²) in [5.41, 5.74) is 5.41. The van der Waals surface area contributed by atoms with E-state index in [1.165, 1.54) is 4.31 Å². The number of hydrogen-bond acceptors (Lipinski definition) is 4. The van der Waals surface area contributed by atoms with E-state index in [0.29, 0.717) is 12.1 Å². The summed E-state index contributed by atoms with van der Waals surface area (Å²) in [6.45, 7) is 5.74. The van der Waals surface area contributed by atoms with E-state index in [2.05, 4.69) is 10.4 Å². The van der Waals surface area contributed by atoms with Crippen molar-refractivity contribution in [3.05, 3.63) is 77.1 Å². The van der Waals surface area contributed by atoms with Crippen LogP contribution in [0.25, 0.3) is 5.69 Å². The number of carbonyl (C=O) groups excluding carboxylic acids is 1. The summed E-state index contributed by atoms with van der Waals surface area (Å²) in [6.07, 6.45) is 0.352. The van der Waals surface area contributed by atoms with Crippen molar-refractivity contribution in [2.75, 3.05) is 11.1 Å². The van der Waals surface area contributed by atoms with Gasteiger partial charge in [-0.15, -0.1) is 0 Å². The van der Waals surface area contributed by atoms with Crippen molar-refractivity contribution in [2.45, 2.75) is 39.8 Å². The van der Waals surface area contributed by atoms with Crippen molar-refractivity contribution in [1.29, 1.82) is 0 Å². The SMILES string of the molecule is CCS(=O)(=O)N1Cc2ccccc2C[C@H]1C(=O)Nc1ccc(-n2nc(C)cc2C)cc1. The third kappa shape index (κ3) is 4.26. The Bertz CT molecular complexity index is 1220. The zero-order valence-electron chi connectivity index (χ0n) is 17.9. The van der Waals surface area contributed by atoms with Crippen LogP contribution in [0.3, 0.4) is 0 Å². The van der Waals surface area contributed by atoms with Gasteiger partial charge in [-0.2, -0.15) is 9.40 Å². The van der Waals surface area contributed by atoms with Gasteiger partial charge in [0.1, 0.15) is 6.04 Å². The van der Waals surface area contributed by atoms with Crippen molar-refractivity contribution < 1.29 is 13.2 Å². The zero-order valence-corrected chi connectivity index (χ0v) is 18.7. The lowest BCUT2D eigenvalue weighted by molar-refractivity contribution is -0.120. The van der Waals surface area contributed by atoms with Gasteiger partial charge >= 0.3 is 0 Å². The van der Waals surface area contributed by atoms with Gasteiger partial charge in [0.15, 0.2) is 0 Å². The normalized spacial score (nSPS) is 16.7. The number of carbonyl (C=O) groups is 1. The molecule has 1 aliphatic heterocycles. The van der Waals surface area contributed by atoms with Gasteiger partial charge in [0.25, 0.3) is 0 Å². The number of fused-ring (bicyclic) bond motifs is 1. The van der Waals surface area contributed by atoms with Crippen LogP contribution in [0.2, 0.25) is 0 Å². The van der Waals surface area contributed by atoms with Crippen molar-refractivity contribution in [1.82, 2.24) is 14.1 Å². The van der Waals surface area contributed by atoms with Gasteiger partial charge in [-0.25, -0.2) is 13.1 Å². The van der Waals surface area contributed by atoms with Crippen molar-refractivity contribution in [2.24, 2.45) is 0 Å². The molecule has 0 fully saturated rings. The van der Waals surface area contributed by atoms with Crippen molar-refractivity contribution in [3.63, 3.8) is 0 Å². The number of hydrogen-bond donors (Lipinski definition) is 1. The first-order valence-corrected chi connectivity index (χ1v) is 11.9. The van der Waals surface area contributed by atoms with Crippen molar-refractivity contribution >= 4 is 21.6 Å². The van der Waals surface area contributed by atoms with Crippen LogP contribution in [0.4, 0.5) is 5.69 Å². The molecule has 0 unspecified atom stereocenters. The largest absolute Gasteiger partial charge is 0.325 e. The molecule has 0 aliphatic carbocycles. The van der Waals surface area contributed by atoms with E-state index in [1.807, 2.05) is 61.0 Å². The highest BCUT2D eigenvalue weighted by atomic mass is 32.2. The molecule has 0 saturated carbocycles. The average Bonchev–Trinajstić information content (AvgIpc) is 3.11. The van der Waals surface area contributed by atoms with Gasteiger partial charge in [-0.05, 0) is 68.7 Å². The molecule has 2 heterocycles. The Hall–Kier alpha value is -2.97. The fourth-order valence-electron chi connectivity index (χ4n) is 3.98. The first-order valence-electron chi connectivity index (χ1n) is 10.3. The third-order valence-corrected chi connectivity index (χ3v) is 7.45. The van der Waals surface area contributed by atoms with Crippen LogP contribution in [-0.4, -0.2) is 40.2 Å². The summed E-state index contributed by atoms with van der Waals surface area (Å²) in [7, 11) is -3.53. The number of benzene rings is 2. The number of aryl methyl sites for hydroxylation is 2. The molecule has 2 aromatic carbocycles. The maximum atomic E-state index is 13.1. The van der Waals surface area contributed by atoms with E-state index in [-0.39, 0.29) is 18.2 Å². The Kier molecular flexibility index (Phi) is 5.68. The second-order valence-corrected chi connectivity index (χ2v) is 10.0. The highest BCUT2D eigenvalue weighted by Gasteiger charge is 2.37. The Morgan fingerprint density at radius 3 is 2.39 bits per heavy atom. The van der Waals surface area contributed by atoms with E-state index >= 15 is 0 Å². The predicted molar refractivity (Wildman–Crippen MR) is 121 cm³/mol. The molecule has 0 spiro atoms. The van der Waals surface area contributed by atoms with Crippen LogP contribution < -0.4 is 5.32 Å². The Morgan fingerprint density at radius 1 is 1.10 bits per heavy atom. The van der Waals surface area contributed by atoms with E-state index in [0.717, 1.165) is 28.2 Å². The van der Waals surface area contributed by atoms with Crippen LogP contribution >= 0.6 is 0 Å². The fourth-order valence-corrected chi connectivity index (χ4v) is 5.21. The summed E-state index contributed by atoms with van der Waals surface area (Å²) in [6, 6.07) is 16.3. The minimum Gasteiger partial charge on any atom is -0.325 e. The van der Waals surface area contributed by atoms with Gasteiger partial charge in [0.2, 0.25) is 15.9 Å². The first-order chi connectivity index (χ1) is 14.8. The molecule has 4 rings (SSSR count). The maximum Gasteiger partial charge on any atom is 0.243 e. The molecule has 1 aromatic heterocycles. The van der Waals surface area contributed by atoms with Crippen LogP contribution in [0.15, 0.2) is 54.6 Å². The summed E-state index contributed by atoms with van der Waals surface area (Å²) in [5, 5.41) is 7.36. The van der Waals surface area contributed by atoms with E-state index in [1.54, 1.807) is 19.1 Å². The first kappa shape index (κ1) is 21.3. The van der Waals surface area contributed by atoms with Gasteiger partial charge in [-0.1, -0.05) is 24.3 Å². The molecule has 1 N–H and O–H groups in total. The van der Waals surface area contributed by atoms with E-state index < -0.39 is 16.1 Å². The zero-order chi connectivity index (χ0) is 22.2. The average molecular weight is 439 g/mol. The summed E-state index contributed by atoms with van der Waals surface area (Å²) in [4.78, 5) is 13.1. The van der Waals surface area contributed by atoms with Crippen LogP contribution in [0, 0.1) is 13.8 Å². The Labute approximate surface area is 182 Å². The number of nitrogens with zero attached hydrogens (tertiary/aromatic N) is 3. The minimum absolute atomic E-state index is 0.0454. The number of amides is 1. The smallest absolute Gasteiger partial charge is 0.243 e. The number of anilines is 1. The second kappa shape index (κ2) is 8.28. The number of nitrogens with one attached hydrogen (secondary N) is 1. The second-order valence-electron chi connectivity index (χ2n) is 7.81. The van der Waals surface area contributed by atoms with E-state index in [9.17, 15) is 13.2 Å². The van der Waals surface area contributed by atoms with Gasteiger partial charge in [0.05, 0.1) is 17.1 Å². The molecule has 8 heteroatoms. The Morgan fingerprint density at radius 2 is 1.77 bits per heavy atom. The lowest BCUT2D eigenvalue weighted by Crippen LogP contribution is -2.51. The highest BCUT2D eigenvalue weighted by Crippen LogP contribution is 2.27. The lowest BCUT2D eigenvalue weighted by Gasteiger charge is -2.34. The molecule has 1 aliphatic rings. The molecule has 1 atom stereocenters. The molecule has 7 nitrogen and oxygen atoms in total. The summed E-state index contributed by atoms with van der Waals surface area (Å²) < 4.78 is 28.6. The molecular weight excluding hydrogens is 412 g/mol. The molecule has 3 aromatic rings. The molecule has 162 valence electrons. The molecule has 0 radical (unpaired) electrons. The number of sulfonamides is 1. The topological polar surface area (TPSA) is 84.3 Å². The monoisotopic (exact) mass is 438 g/mol. The fraction of sp³-hybridized carbons (Fsp3) is 0.304. The number of rotatable bonds is 5. The van der Waals surface area contributed by atoms with Gasteiger partial charge in [0, 0.05) is 17.9 Å². The predicted octanol–water partition coefficient (Wildman–Crippen LogP) is 3.20. The molecule has 1 amide bonds. The lowest BCUT2D eigenvalue weighted by atomic mass is 9.95. The standard InChI is InChI=1S/C23H26N4O3S/c1-4-31(29,30)26-15-19-8-6-5-7-18(19)14-22(26)23(28)24-20-9-11-21(12-10-20)27-17(3)13-16(2)25-27/h5-13,22H,4,14-15H2,1-3H3,(H,24,28)/t22-/m0/s1. The van der Waals surface area contributed by atoms with Crippen LogP contribution in [0.5, 0.6) is 0 Å². The van der Waals surface area contributed by atoms with Gasteiger partial charge in [-0.3, -0.25) is 4.79 Å². The molecule has 0 saturated heterocycles. The molecule has 0 bridgehead atoms. The quantitative estimate of drug-likeness (QED) is 0.663. The third-order valence-electron chi connectivity index (χ3n) is 5.62. The summed E-state index contributed by atoms with van der Waals surface area (Å²) in [5.74, 6) is -0.374. The molecular formula is C23H26N4O3S. The Balaban J connectivity index is 1.57. The maximum absolute atomic E-state index is 13.1. The molecule has 31 heavy (non-hydrogen) atoms. The van der Waals surface area contributed by atoms with Crippen LogP contribution in [0.1, 0.15) is 29.4 Å². The van der Waals surface area contributed by atoms with Crippen molar-refractivity contribution in [3.8, 4) is 5.69 Å². The highest BCUT2D eigenvalue weighted by molar-refractivity contribution is 7.89. The van der Waals surface area contributed by atoms with E-state index in [4.69, 9.17) is 0 Å².